The predicted octanol–water partition coefficient (Wildman–Crippen LogP) is 3.47. The zero-order chi connectivity index (χ0) is 13.1. The van der Waals surface area contributed by atoms with Gasteiger partial charge in [0.05, 0.1) is 25.3 Å². The summed E-state index contributed by atoms with van der Waals surface area (Å²) < 4.78 is 10.5. The lowest BCUT2D eigenvalue weighted by molar-refractivity contribution is 0.354. The van der Waals surface area contributed by atoms with Gasteiger partial charge in [-0.1, -0.05) is 17.7 Å². The van der Waals surface area contributed by atoms with Crippen LogP contribution in [-0.2, 0) is 0 Å². The van der Waals surface area contributed by atoms with Crippen molar-refractivity contribution in [1.82, 2.24) is 0 Å². The molecule has 2 rings (SSSR count). The molecule has 1 aromatic heterocycles. The molecule has 3 nitrogen and oxygen atoms in total. The highest BCUT2D eigenvalue weighted by Crippen LogP contribution is 2.40. The Labute approximate surface area is 115 Å². The molecule has 0 unspecified atom stereocenters. The second-order valence-electron chi connectivity index (χ2n) is 3.74. The van der Waals surface area contributed by atoms with Crippen LogP contribution in [0, 0.1) is 0 Å². The number of methoxy groups -OCH3 is 2. The summed E-state index contributed by atoms with van der Waals surface area (Å²) in [5, 5.41) is 4.50. The molecule has 0 saturated heterocycles. The van der Waals surface area contributed by atoms with Gasteiger partial charge in [0.2, 0.25) is 0 Å². The molecule has 18 heavy (non-hydrogen) atoms. The van der Waals surface area contributed by atoms with E-state index in [0.29, 0.717) is 16.5 Å². The predicted molar refractivity (Wildman–Crippen MR) is 74.9 cm³/mol. The minimum atomic E-state index is -0.261. The number of thiophene rings is 1. The third kappa shape index (κ3) is 2.32. The number of nitrogens with two attached hydrogens (primary N) is 1. The molecule has 2 aromatic rings. The average molecular weight is 284 g/mol. The molecular formula is C13H14ClNO2S. The number of ether oxygens (including phenoxy) is 2. The SMILES string of the molecule is COc1ccc([C@H](N)c2ccsc2)c(Cl)c1OC. The molecular weight excluding hydrogens is 270 g/mol. The first-order valence-corrected chi connectivity index (χ1v) is 6.69. The van der Waals surface area contributed by atoms with Crippen LogP contribution in [-0.4, -0.2) is 14.2 Å². The van der Waals surface area contributed by atoms with E-state index in [1.807, 2.05) is 29.0 Å². The van der Waals surface area contributed by atoms with Crippen molar-refractivity contribution >= 4 is 22.9 Å². The van der Waals surface area contributed by atoms with Crippen LogP contribution in [0.15, 0.2) is 29.0 Å². The van der Waals surface area contributed by atoms with Gasteiger partial charge in [-0.2, -0.15) is 11.3 Å². The smallest absolute Gasteiger partial charge is 0.179 e. The Morgan fingerprint density at radius 1 is 1.22 bits per heavy atom. The van der Waals surface area contributed by atoms with E-state index >= 15 is 0 Å². The van der Waals surface area contributed by atoms with Crippen LogP contribution in [0.4, 0.5) is 0 Å². The first-order valence-electron chi connectivity index (χ1n) is 5.37. The lowest BCUT2D eigenvalue weighted by atomic mass is 10.0. The third-order valence-corrected chi connectivity index (χ3v) is 3.84. The van der Waals surface area contributed by atoms with Gasteiger partial charge >= 0.3 is 0 Å². The van der Waals surface area contributed by atoms with Crippen molar-refractivity contribution in [2.24, 2.45) is 5.73 Å². The summed E-state index contributed by atoms with van der Waals surface area (Å²) >= 11 is 7.93. The van der Waals surface area contributed by atoms with Crippen molar-refractivity contribution in [2.45, 2.75) is 6.04 Å². The molecule has 0 aliphatic heterocycles. The van der Waals surface area contributed by atoms with E-state index in [2.05, 4.69) is 0 Å². The van der Waals surface area contributed by atoms with Gasteiger partial charge in [0.15, 0.2) is 11.5 Å². The number of hydrogen-bond acceptors (Lipinski definition) is 4. The Hall–Kier alpha value is -1.23. The van der Waals surface area contributed by atoms with Crippen molar-refractivity contribution < 1.29 is 9.47 Å². The Bertz CT molecular complexity index is 528. The number of rotatable bonds is 4. The molecule has 0 aliphatic rings. The Morgan fingerprint density at radius 3 is 2.56 bits per heavy atom. The standard InChI is InChI=1S/C13H14ClNO2S/c1-16-10-4-3-9(11(14)13(10)17-2)12(15)8-5-6-18-7-8/h3-7,12H,15H2,1-2H3/t12-/m1/s1. The molecule has 0 saturated carbocycles. The van der Waals surface area contributed by atoms with E-state index in [1.54, 1.807) is 25.6 Å². The van der Waals surface area contributed by atoms with Gasteiger partial charge in [0, 0.05) is 0 Å². The van der Waals surface area contributed by atoms with E-state index in [-0.39, 0.29) is 6.04 Å². The summed E-state index contributed by atoms with van der Waals surface area (Å²) in [4.78, 5) is 0. The van der Waals surface area contributed by atoms with Crippen molar-refractivity contribution in [3.05, 3.63) is 45.1 Å². The van der Waals surface area contributed by atoms with Crippen LogP contribution in [0.5, 0.6) is 11.5 Å². The van der Waals surface area contributed by atoms with Crippen molar-refractivity contribution in [1.29, 1.82) is 0 Å². The van der Waals surface area contributed by atoms with Gasteiger partial charge in [0.25, 0.3) is 0 Å². The number of hydrogen-bond donors (Lipinski definition) is 1. The van der Waals surface area contributed by atoms with Gasteiger partial charge < -0.3 is 15.2 Å². The Morgan fingerprint density at radius 2 is 2.00 bits per heavy atom. The molecule has 1 aromatic carbocycles. The van der Waals surface area contributed by atoms with Crippen LogP contribution < -0.4 is 15.2 Å². The van der Waals surface area contributed by atoms with Crippen molar-refractivity contribution in [2.75, 3.05) is 14.2 Å². The van der Waals surface area contributed by atoms with Crippen LogP contribution in [0.25, 0.3) is 0 Å². The number of benzene rings is 1. The highest BCUT2D eigenvalue weighted by atomic mass is 35.5. The fraction of sp³-hybridized carbons (Fsp3) is 0.231. The third-order valence-electron chi connectivity index (χ3n) is 2.75. The Balaban J connectivity index is 2.46. The maximum absolute atomic E-state index is 6.32. The first kappa shape index (κ1) is 13.2. The monoisotopic (exact) mass is 283 g/mol. The van der Waals surface area contributed by atoms with Crippen LogP contribution in [0.3, 0.4) is 0 Å². The summed E-state index contributed by atoms with van der Waals surface area (Å²) in [6.07, 6.45) is 0. The molecule has 1 atom stereocenters. The molecule has 5 heteroatoms. The Kier molecular flexibility index (Phi) is 4.11. The molecule has 0 spiro atoms. The van der Waals surface area contributed by atoms with Gasteiger partial charge in [-0.25, -0.2) is 0 Å². The van der Waals surface area contributed by atoms with Crippen molar-refractivity contribution in [3.8, 4) is 11.5 Å². The molecule has 0 bridgehead atoms. The average Bonchev–Trinajstić information content (AvgIpc) is 2.91. The first-order chi connectivity index (χ1) is 8.69. The maximum Gasteiger partial charge on any atom is 0.179 e. The van der Waals surface area contributed by atoms with E-state index in [9.17, 15) is 0 Å². The zero-order valence-corrected chi connectivity index (χ0v) is 11.7. The molecule has 0 amide bonds. The fourth-order valence-electron chi connectivity index (χ4n) is 1.78. The zero-order valence-electron chi connectivity index (χ0n) is 10.1. The summed E-state index contributed by atoms with van der Waals surface area (Å²) in [7, 11) is 3.14. The summed E-state index contributed by atoms with van der Waals surface area (Å²) in [6.45, 7) is 0. The van der Waals surface area contributed by atoms with Gasteiger partial charge in [0.1, 0.15) is 0 Å². The van der Waals surface area contributed by atoms with Crippen LogP contribution >= 0.6 is 22.9 Å². The largest absolute Gasteiger partial charge is 0.493 e. The molecule has 0 aliphatic carbocycles. The minimum absolute atomic E-state index is 0.261. The van der Waals surface area contributed by atoms with Crippen LogP contribution in [0.2, 0.25) is 5.02 Å². The molecule has 0 fully saturated rings. The second kappa shape index (κ2) is 5.61. The highest BCUT2D eigenvalue weighted by Gasteiger charge is 2.18. The van der Waals surface area contributed by atoms with E-state index in [0.717, 1.165) is 11.1 Å². The normalized spacial score (nSPS) is 12.2. The van der Waals surface area contributed by atoms with Crippen LogP contribution in [0.1, 0.15) is 17.2 Å². The molecule has 1 heterocycles. The molecule has 96 valence electrons. The highest BCUT2D eigenvalue weighted by molar-refractivity contribution is 7.08. The van der Waals surface area contributed by atoms with Crippen molar-refractivity contribution in [3.63, 3.8) is 0 Å². The van der Waals surface area contributed by atoms with E-state index < -0.39 is 0 Å². The fourth-order valence-corrected chi connectivity index (χ4v) is 2.82. The quantitative estimate of drug-likeness (QED) is 0.934. The summed E-state index contributed by atoms with van der Waals surface area (Å²) in [5.74, 6) is 1.12. The maximum atomic E-state index is 6.32. The minimum Gasteiger partial charge on any atom is -0.493 e. The summed E-state index contributed by atoms with van der Waals surface area (Å²) in [5.41, 5.74) is 8.07. The molecule has 0 radical (unpaired) electrons. The second-order valence-corrected chi connectivity index (χ2v) is 4.90. The van der Waals surface area contributed by atoms with E-state index in [1.165, 1.54) is 0 Å². The lowest BCUT2D eigenvalue weighted by Crippen LogP contribution is -2.12. The lowest BCUT2D eigenvalue weighted by Gasteiger charge is -2.16. The van der Waals surface area contributed by atoms with Gasteiger partial charge in [-0.05, 0) is 34.0 Å². The topological polar surface area (TPSA) is 44.5 Å². The van der Waals surface area contributed by atoms with E-state index in [4.69, 9.17) is 26.8 Å². The molecule has 2 N–H and O–H groups in total. The van der Waals surface area contributed by atoms with Gasteiger partial charge in [-0.3, -0.25) is 0 Å². The van der Waals surface area contributed by atoms with Gasteiger partial charge in [-0.15, -0.1) is 0 Å². The number of halogens is 1. The summed E-state index contributed by atoms with van der Waals surface area (Å²) in [6, 6.07) is 5.41.